The van der Waals surface area contributed by atoms with Crippen molar-refractivity contribution in [3.05, 3.63) is 33.8 Å². The van der Waals surface area contributed by atoms with Gasteiger partial charge in [-0.3, -0.25) is 4.79 Å². The van der Waals surface area contributed by atoms with Crippen molar-refractivity contribution in [2.45, 2.75) is 19.3 Å². The molecule has 1 aromatic rings. The number of ketones is 1. The van der Waals surface area contributed by atoms with E-state index < -0.39 is 5.92 Å². The zero-order valence-electron chi connectivity index (χ0n) is 8.13. The number of nitriles is 1. The molecule has 0 aromatic heterocycles. The van der Waals surface area contributed by atoms with Crippen LogP contribution in [0.4, 0.5) is 0 Å². The summed E-state index contributed by atoms with van der Waals surface area (Å²) in [5.41, 5.74) is 0.412. The number of nitrogens with zero attached hydrogens (tertiary/aromatic N) is 1. The Balaban J connectivity index is 3.25. The van der Waals surface area contributed by atoms with Crippen molar-refractivity contribution in [3.8, 4) is 6.07 Å². The predicted octanol–water partition coefficient (Wildman–Crippen LogP) is 3.58. The van der Waals surface area contributed by atoms with E-state index in [1.54, 1.807) is 25.1 Å². The van der Waals surface area contributed by atoms with Gasteiger partial charge >= 0.3 is 0 Å². The summed E-state index contributed by atoms with van der Waals surface area (Å²) in [5, 5.41) is 9.66. The van der Waals surface area contributed by atoms with Crippen LogP contribution in [-0.2, 0) is 4.79 Å². The smallest absolute Gasteiger partial charge is 0.154 e. The van der Waals surface area contributed by atoms with Gasteiger partial charge in [-0.1, -0.05) is 36.2 Å². The largest absolute Gasteiger partial charge is 0.298 e. The monoisotopic (exact) mass is 241 g/mol. The number of hydrogen-bond donors (Lipinski definition) is 0. The molecule has 0 aliphatic carbocycles. The third-order valence-electron chi connectivity index (χ3n) is 2.09. The van der Waals surface area contributed by atoms with E-state index in [0.29, 0.717) is 22.0 Å². The van der Waals surface area contributed by atoms with E-state index >= 15 is 0 Å². The number of rotatable bonds is 3. The molecule has 78 valence electrons. The molecule has 0 saturated carbocycles. The second-order valence-electron chi connectivity index (χ2n) is 3.02. The van der Waals surface area contributed by atoms with Gasteiger partial charge in [-0.25, -0.2) is 0 Å². The summed E-state index contributed by atoms with van der Waals surface area (Å²) < 4.78 is 0. The fourth-order valence-corrected chi connectivity index (χ4v) is 1.90. The van der Waals surface area contributed by atoms with Crippen molar-refractivity contribution in [2.75, 3.05) is 0 Å². The van der Waals surface area contributed by atoms with Crippen LogP contribution in [0.1, 0.15) is 24.8 Å². The maximum atomic E-state index is 11.5. The summed E-state index contributed by atoms with van der Waals surface area (Å²) in [4.78, 5) is 11.5. The number of carbonyl (C=O) groups is 1. The minimum atomic E-state index is -0.865. The lowest BCUT2D eigenvalue weighted by atomic mass is 9.94. The number of carbonyl (C=O) groups excluding carboxylic acids is 1. The van der Waals surface area contributed by atoms with Gasteiger partial charge in [-0.15, -0.1) is 0 Å². The number of Topliss-reactive ketones (excluding diaryl/α,β-unsaturated/α-hetero) is 1. The van der Waals surface area contributed by atoms with Gasteiger partial charge in [0.1, 0.15) is 5.92 Å². The lowest BCUT2D eigenvalue weighted by Crippen LogP contribution is -2.10. The molecule has 15 heavy (non-hydrogen) atoms. The third kappa shape index (κ3) is 2.50. The van der Waals surface area contributed by atoms with Crippen LogP contribution in [0.5, 0.6) is 0 Å². The molecule has 0 saturated heterocycles. The second-order valence-corrected chi connectivity index (χ2v) is 3.83. The quantitative estimate of drug-likeness (QED) is 0.812. The van der Waals surface area contributed by atoms with Crippen LogP contribution in [0.15, 0.2) is 18.2 Å². The Morgan fingerprint density at radius 1 is 1.47 bits per heavy atom. The molecule has 1 atom stereocenters. The molecule has 0 aliphatic rings. The van der Waals surface area contributed by atoms with Crippen molar-refractivity contribution in [3.63, 3.8) is 0 Å². The lowest BCUT2D eigenvalue weighted by Gasteiger charge is -2.10. The molecule has 2 nitrogen and oxygen atoms in total. The van der Waals surface area contributed by atoms with Gasteiger partial charge in [0.05, 0.1) is 6.07 Å². The molecule has 0 amide bonds. The van der Waals surface area contributed by atoms with Crippen LogP contribution in [0.2, 0.25) is 10.0 Å². The van der Waals surface area contributed by atoms with Gasteiger partial charge < -0.3 is 0 Å². The Bertz CT molecular complexity index is 403. The molecule has 0 bridgehead atoms. The Kier molecular flexibility index (Phi) is 4.14. The van der Waals surface area contributed by atoms with E-state index in [0.717, 1.165) is 0 Å². The fourth-order valence-electron chi connectivity index (χ4n) is 1.29. The van der Waals surface area contributed by atoms with Gasteiger partial charge in [-0.05, 0) is 12.1 Å². The lowest BCUT2D eigenvalue weighted by molar-refractivity contribution is -0.119. The first-order chi connectivity index (χ1) is 7.11. The van der Waals surface area contributed by atoms with E-state index in [-0.39, 0.29) is 5.78 Å². The molecule has 0 radical (unpaired) electrons. The average Bonchev–Trinajstić information content (AvgIpc) is 2.22. The molecular weight excluding hydrogens is 233 g/mol. The number of halogens is 2. The number of benzene rings is 1. The molecule has 1 rings (SSSR count). The first-order valence-electron chi connectivity index (χ1n) is 4.48. The zero-order valence-corrected chi connectivity index (χ0v) is 9.64. The van der Waals surface area contributed by atoms with E-state index in [1.165, 1.54) is 0 Å². The highest BCUT2D eigenvalue weighted by Gasteiger charge is 2.23. The Morgan fingerprint density at radius 3 is 2.40 bits per heavy atom. The summed E-state index contributed by atoms with van der Waals surface area (Å²) in [6.45, 7) is 1.71. The van der Waals surface area contributed by atoms with Crippen molar-refractivity contribution in [2.24, 2.45) is 0 Å². The molecule has 0 fully saturated rings. The van der Waals surface area contributed by atoms with Crippen LogP contribution < -0.4 is 0 Å². The predicted molar refractivity (Wildman–Crippen MR) is 60.1 cm³/mol. The SMILES string of the molecule is CCC(=O)C(C#N)c1c(Cl)cccc1Cl. The summed E-state index contributed by atoms with van der Waals surface area (Å²) in [6, 6.07) is 6.85. The van der Waals surface area contributed by atoms with Crippen molar-refractivity contribution >= 4 is 29.0 Å². The van der Waals surface area contributed by atoms with E-state index in [4.69, 9.17) is 28.5 Å². The van der Waals surface area contributed by atoms with Crippen LogP contribution in [-0.4, -0.2) is 5.78 Å². The van der Waals surface area contributed by atoms with Gasteiger partial charge in [0, 0.05) is 22.0 Å². The van der Waals surface area contributed by atoms with Crippen molar-refractivity contribution in [1.29, 1.82) is 5.26 Å². The van der Waals surface area contributed by atoms with Crippen LogP contribution in [0.25, 0.3) is 0 Å². The highest BCUT2D eigenvalue weighted by Crippen LogP contribution is 2.32. The topological polar surface area (TPSA) is 40.9 Å². The summed E-state index contributed by atoms with van der Waals surface area (Å²) in [6.07, 6.45) is 0.291. The molecule has 0 spiro atoms. The van der Waals surface area contributed by atoms with Gasteiger partial charge in [0.15, 0.2) is 5.78 Å². The van der Waals surface area contributed by atoms with Gasteiger partial charge in [-0.2, -0.15) is 5.26 Å². The summed E-state index contributed by atoms with van der Waals surface area (Å²) in [7, 11) is 0. The van der Waals surface area contributed by atoms with Gasteiger partial charge in [0.2, 0.25) is 0 Å². The highest BCUT2D eigenvalue weighted by molar-refractivity contribution is 6.36. The minimum Gasteiger partial charge on any atom is -0.298 e. The van der Waals surface area contributed by atoms with Crippen LogP contribution >= 0.6 is 23.2 Å². The van der Waals surface area contributed by atoms with Crippen molar-refractivity contribution in [1.82, 2.24) is 0 Å². The first kappa shape index (κ1) is 12.0. The average molecular weight is 242 g/mol. The Hall–Kier alpha value is -1.04. The molecule has 0 heterocycles. The summed E-state index contributed by atoms with van der Waals surface area (Å²) in [5.74, 6) is -1.04. The molecule has 0 aliphatic heterocycles. The molecule has 0 N–H and O–H groups in total. The van der Waals surface area contributed by atoms with E-state index in [2.05, 4.69) is 0 Å². The molecule has 1 aromatic carbocycles. The van der Waals surface area contributed by atoms with Crippen LogP contribution in [0, 0.1) is 11.3 Å². The first-order valence-corrected chi connectivity index (χ1v) is 5.23. The van der Waals surface area contributed by atoms with E-state index in [1.807, 2.05) is 6.07 Å². The normalized spacial score (nSPS) is 11.9. The Labute approximate surface area is 98.4 Å². The standard InChI is InChI=1S/C11H9Cl2NO/c1-2-10(15)7(6-14)11-8(12)4-3-5-9(11)13/h3-5,7H,2H2,1H3. The molecule has 1 unspecified atom stereocenters. The van der Waals surface area contributed by atoms with Crippen molar-refractivity contribution < 1.29 is 4.79 Å². The maximum absolute atomic E-state index is 11.5. The summed E-state index contributed by atoms with van der Waals surface area (Å²) >= 11 is 11.8. The Morgan fingerprint density at radius 2 is 2.00 bits per heavy atom. The molecule has 4 heteroatoms. The minimum absolute atomic E-state index is 0.174. The maximum Gasteiger partial charge on any atom is 0.154 e. The zero-order chi connectivity index (χ0) is 11.4. The third-order valence-corrected chi connectivity index (χ3v) is 2.75. The highest BCUT2D eigenvalue weighted by atomic mass is 35.5. The van der Waals surface area contributed by atoms with Crippen LogP contribution in [0.3, 0.4) is 0 Å². The van der Waals surface area contributed by atoms with Gasteiger partial charge in [0.25, 0.3) is 0 Å². The molecular formula is C11H9Cl2NO. The fraction of sp³-hybridized carbons (Fsp3) is 0.273. The second kappa shape index (κ2) is 5.16. The number of hydrogen-bond acceptors (Lipinski definition) is 2. The van der Waals surface area contributed by atoms with E-state index in [9.17, 15) is 4.79 Å².